The molecule has 0 aliphatic rings. The Kier molecular flexibility index (Phi) is 7.05. The Hall–Kier alpha value is -3.80. The molecule has 3 aromatic rings. The fourth-order valence-electron chi connectivity index (χ4n) is 2.56. The van der Waals surface area contributed by atoms with Gasteiger partial charge in [0.05, 0.1) is 5.69 Å². The summed E-state index contributed by atoms with van der Waals surface area (Å²) in [5.41, 5.74) is 1.17. The van der Waals surface area contributed by atoms with Gasteiger partial charge >= 0.3 is 0 Å². The summed E-state index contributed by atoms with van der Waals surface area (Å²) in [5.74, 6) is 1.17. The summed E-state index contributed by atoms with van der Waals surface area (Å²) in [6.45, 7) is 3.46. The maximum atomic E-state index is 12.4. The third-order valence-corrected chi connectivity index (χ3v) is 4.13. The van der Waals surface area contributed by atoms with Crippen LogP contribution in [0.15, 0.2) is 78.9 Å². The summed E-state index contributed by atoms with van der Waals surface area (Å²) in [7, 11) is 0. The number of nitrogens with one attached hydrogen (secondary N) is 2. The molecule has 0 heterocycles. The molecule has 0 aliphatic carbocycles. The number of hydrogen-bond donors (Lipinski definition) is 2. The summed E-state index contributed by atoms with van der Waals surface area (Å²) in [4.78, 5) is 24.2. The fourth-order valence-corrected chi connectivity index (χ4v) is 2.56. The van der Waals surface area contributed by atoms with E-state index in [9.17, 15) is 9.59 Å². The minimum absolute atomic E-state index is 0.0834. The van der Waals surface area contributed by atoms with Crippen molar-refractivity contribution in [3.63, 3.8) is 0 Å². The molecule has 0 fully saturated rings. The highest BCUT2D eigenvalue weighted by molar-refractivity contribution is 5.93. The van der Waals surface area contributed by atoms with E-state index in [0.717, 1.165) is 0 Å². The second kappa shape index (κ2) is 10.1. The number of anilines is 2. The summed E-state index contributed by atoms with van der Waals surface area (Å²) in [6, 6.07) is 23.5. The molecule has 0 radical (unpaired) electrons. The molecule has 0 aliphatic heterocycles. The van der Waals surface area contributed by atoms with Crippen molar-refractivity contribution in [2.75, 3.05) is 17.2 Å². The first-order chi connectivity index (χ1) is 14.5. The molecular formula is C24H24N2O4. The minimum atomic E-state index is -0.323. The molecule has 3 aromatic carbocycles. The number of carbonyl (C=O) groups excluding carboxylic acids is 2. The van der Waals surface area contributed by atoms with Gasteiger partial charge in [0.15, 0.2) is 12.4 Å². The molecule has 2 N–H and O–H groups in total. The van der Waals surface area contributed by atoms with E-state index in [1.54, 1.807) is 36.4 Å². The number of benzene rings is 3. The van der Waals surface area contributed by atoms with Crippen LogP contribution in [0.3, 0.4) is 0 Å². The lowest BCUT2D eigenvalue weighted by atomic mass is 10.2. The number of rotatable bonds is 8. The zero-order chi connectivity index (χ0) is 21.3. The molecule has 0 bridgehead atoms. The average molecular weight is 404 g/mol. The van der Waals surface area contributed by atoms with Crippen LogP contribution in [0.5, 0.6) is 17.2 Å². The van der Waals surface area contributed by atoms with E-state index in [-0.39, 0.29) is 24.3 Å². The van der Waals surface area contributed by atoms with Crippen molar-refractivity contribution in [3.8, 4) is 17.2 Å². The van der Waals surface area contributed by atoms with E-state index in [4.69, 9.17) is 9.47 Å². The first kappa shape index (κ1) is 20.9. The van der Waals surface area contributed by atoms with Gasteiger partial charge < -0.3 is 20.1 Å². The lowest BCUT2D eigenvalue weighted by Gasteiger charge is -2.13. The van der Waals surface area contributed by atoms with Gasteiger partial charge in [0, 0.05) is 17.7 Å². The summed E-state index contributed by atoms with van der Waals surface area (Å²) in [6.07, 6.45) is 0. The average Bonchev–Trinajstić information content (AvgIpc) is 2.74. The Labute approximate surface area is 175 Å². The van der Waals surface area contributed by atoms with Crippen molar-refractivity contribution in [1.29, 1.82) is 0 Å². The molecule has 6 nitrogen and oxygen atoms in total. The van der Waals surface area contributed by atoms with Crippen LogP contribution in [0, 0.1) is 5.92 Å². The molecule has 6 heteroatoms. The Balaban J connectivity index is 1.59. The van der Waals surface area contributed by atoms with Gasteiger partial charge in [-0.3, -0.25) is 9.59 Å². The molecule has 2 amide bonds. The maximum absolute atomic E-state index is 12.4. The predicted molar refractivity (Wildman–Crippen MR) is 117 cm³/mol. The van der Waals surface area contributed by atoms with E-state index in [2.05, 4.69) is 10.6 Å². The minimum Gasteiger partial charge on any atom is -0.484 e. The highest BCUT2D eigenvalue weighted by atomic mass is 16.5. The second-order valence-corrected chi connectivity index (χ2v) is 6.92. The molecular weight excluding hydrogens is 380 g/mol. The monoisotopic (exact) mass is 404 g/mol. The van der Waals surface area contributed by atoms with Gasteiger partial charge in [-0.25, -0.2) is 0 Å². The highest BCUT2D eigenvalue weighted by Crippen LogP contribution is 2.29. The SMILES string of the molecule is CC(C)C(=O)Nc1cccc(OCC(=O)Nc2ccccc2Oc2ccccc2)c1. The maximum Gasteiger partial charge on any atom is 0.262 e. The van der Waals surface area contributed by atoms with Crippen LogP contribution in [0.1, 0.15) is 13.8 Å². The fraction of sp³-hybridized carbons (Fsp3) is 0.167. The van der Waals surface area contributed by atoms with Gasteiger partial charge in [0.2, 0.25) is 5.91 Å². The third kappa shape index (κ3) is 6.10. The van der Waals surface area contributed by atoms with Crippen LogP contribution >= 0.6 is 0 Å². The summed E-state index contributed by atoms with van der Waals surface area (Å²) >= 11 is 0. The molecule has 30 heavy (non-hydrogen) atoms. The molecule has 0 saturated carbocycles. The topological polar surface area (TPSA) is 76.7 Å². The quantitative estimate of drug-likeness (QED) is 0.548. The van der Waals surface area contributed by atoms with Crippen LogP contribution < -0.4 is 20.1 Å². The Morgan fingerprint density at radius 3 is 2.30 bits per heavy atom. The normalized spacial score (nSPS) is 10.4. The van der Waals surface area contributed by atoms with Gasteiger partial charge in [0.1, 0.15) is 11.5 Å². The number of para-hydroxylation sites is 3. The highest BCUT2D eigenvalue weighted by Gasteiger charge is 2.11. The standard InChI is InChI=1S/C24H24N2O4/c1-17(2)24(28)25-18-9-8-12-20(15-18)29-16-23(27)26-21-13-6-7-14-22(21)30-19-10-4-3-5-11-19/h3-15,17H,16H2,1-2H3,(H,25,28)(H,26,27). The molecule has 0 aromatic heterocycles. The largest absolute Gasteiger partial charge is 0.484 e. The summed E-state index contributed by atoms with van der Waals surface area (Å²) < 4.78 is 11.4. The van der Waals surface area contributed by atoms with Crippen molar-refractivity contribution < 1.29 is 19.1 Å². The van der Waals surface area contributed by atoms with Crippen molar-refractivity contribution >= 4 is 23.2 Å². The Morgan fingerprint density at radius 2 is 1.53 bits per heavy atom. The van der Waals surface area contributed by atoms with E-state index in [1.807, 2.05) is 56.3 Å². The van der Waals surface area contributed by atoms with Gasteiger partial charge in [-0.15, -0.1) is 0 Å². The van der Waals surface area contributed by atoms with Crippen molar-refractivity contribution in [2.24, 2.45) is 5.92 Å². The van der Waals surface area contributed by atoms with Gasteiger partial charge in [-0.05, 0) is 36.4 Å². The number of carbonyl (C=O) groups is 2. The van der Waals surface area contributed by atoms with E-state index in [1.165, 1.54) is 0 Å². The van der Waals surface area contributed by atoms with Gasteiger partial charge in [-0.2, -0.15) is 0 Å². The van der Waals surface area contributed by atoms with Gasteiger partial charge in [-0.1, -0.05) is 50.2 Å². The number of hydrogen-bond acceptors (Lipinski definition) is 4. The molecule has 0 spiro atoms. The Morgan fingerprint density at radius 1 is 0.833 bits per heavy atom. The molecule has 0 unspecified atom stereocenters. The van der Waals surface area contributed by atoms with Crippen molar-refractivity contribution in [2.45, 2.75) is 13.8 Å². The van der Waals surface area contributed by atoms with Crippen LogP contribution in [0.4, 0.5) is 11.4 Å². The van der Waals surface area contributed by atoms with E-state index in [0.29, 0.717) is 28.6 Å². The zero-order valence-corrected chi connectivity index (χ0v) is 16.9. The van der Waals surface area contributed by atoms with E-state index >= 15 is 0 Å². The van der Waals surface area contributed by atoms with Crippen LogP contribution in [0.2, 0.25) is 0 Å². The zero-order valence-electron chi connectivity index (χ0n) is 16.9. The first-order valence-electron chi connectivity index (χ1n) is 9.67. The van der Waals surface area contributed by atoms with E-state index < -0.39 is 0 Å². The lowest BCUT2D eigenvalue weighted by molar-refractivity contribution is -0.119. The molecule has 0 atom stereocenters. The third-order valence-electron chi connectivity index (χ3n) is 4.13. The predicted octanol–water partition coefficient (Wildman–Crippen LogP) is 5.09. The van der Waals surface area contributed by atoms with Crippen molar-refractivity contribution in [1.82, 2.24) is 0 Å². The Bertz CT molecular complexity index is 1000. The van der Waals surface area contributed by atoms with Crippen LogP contribution in [-0.4, -0.2) is 18.4 Å². The lowest BCUT2D eigenvalue weighted by Crippen LogP contribution is -2.20. The van der Waals surface area contributed by atoms with Gasteiger partial charge in [0.25, 0.3) is 5.91 Å². The molecule has 154 valence electrons. The number of ether oxygens (including phenoxy) is 2. The summed E-state index contributed by atoms with van der Waals surface area (Å²) in [5, 5.41) is 5.61. The smallest absolute Gasteiger partial charge is 0.262 e. The molecule has 0 saturated heterocycles. The van der Waals surface area contributed by atoms with Crippen LogP contribution in [-0.2, 0) is 9.59 Å². The first-order valence-corrected chi connectivity index (χ1v) is 9.67. The molecule has 3 rings (SSSR count). The second-order valence-electron chi connectivity index (χ2n) is 6.92. The van der Waals surface area contributed by atoms with Crippen molar-refractivity contribution in [3.05, 3.63) is 78.9 Å². The number of amides is 2. The van der Waals surface area contributed by atoms with Crippen LogP contribution in [0.25, 0.3) is 0 Å².